The number of benzene rings is 2. The Labute approximate surface area is 242 Å². The first-order valence-corrected chi connectivity index (χ1v) is 13.9. The Kier molecular flexibility index (Phi) is 8.61. The zero-order valence-electron chi connectivity index (χ0n) is 25.2. The summed E-state index contributed by atoms with van der Waals surface area (Å²) in [5, 5.41) is 3.28. The number of amides is 1. The van der Waals surface area contributed by atoms with Crippen molar-refractivity contribution in [1.82, 2.24) is 14.5 Å². The normalized spacial score (nSPS) is 11.3. The third-order valence-electron chi connectivity index (χ3n) is 6.80. The molecule has 2 aromatic heterocycles. The maximum Gasteiger partial charge on any atom is 0.338 e. The van der Waals surface area contributed by atoms with Gasteiger partial charge in [0, 0.05) is 37.4 Å². The molecule has 0 saturated heterocycles. The maximum atomic E-state index is 13.7. The SMILES string of the molecule is CCc1ccccc1N(CC)C(=O)c1cc(-c2nc(Nc3ccc(C(=O)OC(C)(C)C)cc3C)ncc2C)n(C)c1. The minimum Gasteiger partial charge on any atom is -0.456 e. The second-order valence-corrected chi connectivity index (χ2v) is 11.1. The largest absolute Gasteiger partial charge is 0.456 e. The third-order valence-corrected chi connectivity index (χ3v) is 6.80. The van der Waals surface area contributed by atoms with Gasteiger partial charge in [-0.1, -0.05) is 25.1 Å². The minimum absolute atomic E-state index is 0.0546. The van der Waals surface area contributed by atoms with E-state index in [9.17, 15) is 9.59 Å². The number of aromatic nitrogens is 3. The Morgan fingerprint density at radius 2 is 1.73 bits per heavy atom. The van der Waals surface area contributed by atoms with Crippen molar-refractivity contribution in [2.45, 2.75) is 60.5 Å². The van der Waals surface area contributed by atoms with Gasteiger partial charge < -0.3 is 19.5 Å². The third kappa shape index (κ3) is 6.65. The van der Waals surface area contributed by atoms with Crippen LogP contribution in [0.4, 0.5) is 17.3 Å². The lowest BCUT2D eigenvalue weighted by Gasteiger charge is -2.23. The molecule has 1 N–H and O–H groups in total. The van der Waals surface area contributed by atoms with Crippen LogP contribution in [0.25, 0.3) is 11.4 Å². The summed E-state index contributed by atoms with van der Waals surface area (Å²) in [5.74, 6) is -0.00392. The van der Waals surface area contributed by atoms with E-state index in [-0.39, 0.29) is 11.9 Å². The molecule has 4 rings (SSSR count). The number of carbonyl (C=O) groups is 2. The molecule has 0 aliphatic carbocycles. The molecule has 0 bridgehead atoms. The van der Waals surface area contributed by atoms with Crippen molar-refractivity contribution in [1.29, 1.82) is 0 Å². The van der Waals surface area contributed by atoms with E-state index < -0.39 is 5.60 Å². The number of aryl methyl sites for hydroxylation is 4. The van der Waals surface area contributed by atoms with Crippen molar-refractivity contribution in [3.63, 3.8) is 0 Å². The van der Waals surface area contributed by atoms with Crippen molar-refractivity contribution >= 4 is 29.2 Å². The van der Waals surface area contributed by atoms with Gasteiger partial charge in [-0.25, -0.2) is 14.8 Å². The van der Waals surface area contributed by atoms with Crippen molar-refractivity contribution in [3.8, 4) is 11.4 Å². The lowest BCUT2D eigenvalue weighted by Crippen LogP contribution is -2.31. The summed E-state index contributed by atoms with van der Waals surface area (Å²) < 4.78 is 7.41. The van der Waals surface area contributed by atoms with Crippen LogP contribution in [0.5, 0.6) is 0 Å². The van der Waals surface area contributed by atoms with Gasteiger partial charge in [-0.15, -0.1) is 0 Å². The van der Waals surface area contributed by atoms with Gasteiger partial charge in [-0.2, -0.15) is 0 Å². The Morgan fingerprint density at radius 3 is 2.39 bits per heavy atom. The Balaban J connectivity index is 1.60. The number of hydrogen-bond acceptors (Lipinski definition) is 6. The summed E-state index contributed by atoms with van der Waals surface area (Å²) in [6, 6.07) is 15.3. The van der Waals surface area contributed by atoms with Crippen LogP contribution < -0.4 is 10.2 Å². The highest BCUT2D eigenvalue weighted by molar-refractivity contribution is 6.07. The molecule has 8 nitrogen and oxygen atoms in total. The molecule has 41 heavy (non-hydrogen) atoms. The molecule has 0 saturated carbocycles. The van der Waals surface area contributed by atoms with E-state index >= 15 is 0 Å². The fourth-order valence-electron chi connectivity index (χ4n) is 4.72. The van der Waals surface area contributed by atoms with E-state index in [0.717, 1.165) is 45.9 Å². The average molecular weight is 554 g/mol. The lowest BCUT2D eigenvalue weighted by molar-refractivity contribution is 0.00693. The fraction of sp³-hybridized carbons (Fsp3) is 0.333. The number of rotatable bonds is 8. The molecule has 0 spiro atoms. The average Bonchev–Trinajstić information content (AvgIpc) is 3.31. The molecule has 4 aromatic rings. The van der Waals surface area contributed by atoms with Crippen LogP contribution in [-0.2, 0) is 18.2 Å². The van der Waals surface area contributed by atoms with Gasteiger partial charge in [0.05, 0.1) is 22.5 Å². The van der Waals surface area contributed by atoms with Crippen LogP contribution in [-0.4, -0.2) is 38.6 Å². The molecule has 0 atom stereocenters. The maximum absolute atomic E-state index is 13.7. The van der Waals surface area contributed by atoms with Crippen molar-refractivity contribution < 1.29 is 14.3 Å². The standard InChI is InChI=1S/C33H39N5O3/c1-9-23-13-11-12-14-27(23)38(10-2)30(39)25-18-28(37(8)20-25)29-22(4)19-34-32(36-29)35-26-16-15-24(17-21(26)3)31(40)41-33(5,6)7/h11-20H,9-10H2,1-8H3,(H,34,35,36). The van der Waals surface area contributed by atoms with Gasteiger partial charge in [0.2, 0.25) is 5.95 Å². The Morgan fingerprint density at radius 1 is 1.00 bits per heavy atom. The van der Waals surface area contributed by atoms with E-state index in [1.165, 1.54) is 0 Å². The molecule has 8 heteroatoms. The number of carbonyl (C=O) groups excluding carboxylic acids is 2. The van der Waals surface area contributed by atoms with Gasteiger partial charge in [0.1, 0.15) is 5.60 Å². The first-order chi connectivity index (χ1) is 19.4. The first kappa shape index (κ1) is 29.5. The summed E-state index contributed by atoms with van der Waals surface area (Å²) in [6.07, 6.45) is 4.46. The molecule has 0 aliphatic rings. The van der Waals surface area contributed by atoms with E-state index in [1.54, 1.807) is 18.3 Å². The van der Waals surface area contributed by atoms with Gasteiger partial charge in [0.25, 0.3) is 5.91 Å². The van der Waals surface area contributed by atoms with E-state index in [4.69, 9.17) is 9.72 Å². The molecule has 0 radical (unpaired) electrons. The molecule has 2 heterocycles. The van der Waals surface area contributed by atoms with Crippen LogP contribution in [0.2, 0.25) is 0 Å². The Bertz CT molecular complexity index is 1580. The predicted octanol–water partition coefficient (Wildman–Crippen LogP) is 7.03. The number of nitrogens with zero attached hydrogens (tertiary/aromatic N) is 4. The van der Waals surface area contributed by atoms with Gasteiger partial charge >= 0.3 is 5.97 Å². The topological polar surface area (TPSA) is 89.3 Å². The summed E-state index contributed by atoms with van der Waals surface area (Å²) >= 11 is 0. The van der Waals surface area contributed by atoms with Crippen molar-refractivity contribution in [2.75, 3.05) is 16.8 Å². The van der Waals surface area contributed by atoms with Crippen LogP contribution in [0.15, 0.2) is 60.9 Å². The molecule has 214 valence electrons. The molecule has 0 unspecified atom stereocenters. The summed E-state index contributed by atoms with van der Waals surface area (Å²) in [7, 11) is 1.91. The van der Waals surface area contributed by atoms with Crippen LogP contribution in [0.1, 0.15) is 72.0 Å². The second-order valence-electron chi connectivity index (χ2n) is 11.1. The van der Waals surface area contributed by atoms with Gasteiger partial charge in [-0.3, -0.25) is 4.79 Å². The zero-order valence-corrected chi connectivity index (χ0v) is 25.2. The first-order valence-electron chi connectivity index (χ1n) is 13.9. The van der Waals surface area contributed by atoms with Crippen molar-refractivity contribution in [3.05, 3.63) is 88.7 Å². The summed E-state index contributed by atoms with van der Waals surface area (Å²) in [4.78, 5) is 37.2. The van der Waals surface area contributed by atoms with Gasteiger partial charge in [0.15, 0.2) is 0 Å². The van der Waals surface area contributed by atoms with E-state index in [1.807, 2.05) is 94.6 Å². The fourth-order valence-corrected chi connectivity index (χ4v) is 4.72. The smallest absolute Gasteiger partial charge is 0.338 e. The van der Waals surface area contributed by atoms with Crippen molar-refractivity contribution in [2.24, 2.45) is 7.05 Å². The number of hydrogen-bond donors (Lipinski definition) is 1. The highest BCUT2D eigenvalue weighted by Gasteiger charge is 2.22. The number of nitrogens with one attached hydrogen (secondary N) is 1. The number of esters is 1. The zero-order chi connectivity index (χ0) is 29.9. The molecule has 0 fully saturated rings. The monoisotopic (exact) mass is 553 g/mol. The number of para-hydroxylation sites is 1. The Hall–Kier alpha value is -4.46. The van der Waals surface area contributed by atoms with Crippen LogP contribution in [0.3, 0.4) is 0 Å². The number of ether oxygens (including phenoxy) is 1. The molecule has 0 aliphatic heterocycles. The molecule has 2 aromatic carbocycles. The molecular weight excluding hydrogens is 514 g/mol. The molecular formula is C33H39N5O3. The second kappa shape index (κ2) is 12.0. The predicted molar refractivity (Wildman–Crippen MR) is 164 cm³/mol. The van der Waals surface area contributed by atoms with Crippen LogP contribution >= 0.6 is 0 Å². The quantitative estimate of drug-likeness (QED) is 0.236. The van der Waals surface area contributed by atoms with Crippen LogP contribution in [0, 0.1) is 13.8 Å². The molecule has 1 amide bonds. The van der Waals surface area contributed by atoms with E-state index in [2.05, 4.69) is 23.3 Å². The minimum atomic E-state index is -0.565. The summed E-state index contributed by atoms with van der Waals surface area (Å²) in [5.41, 5.74) is 6.65. The van der Waals surface area contributed by atoms with E-state index in [0.29, 0.717) is 23.6 Å². The lowest BCUT2D eigenvalue weighted by atomic mass is 10.1. The summed E-state index contributed by atoms with van der Waals surface area (Å²) in [6.45, 7) is 14.0. The highest BCUT2D eigenvalue weighted by Crippen LogP contribution is 2.28. The highest BCUT2D eigenvalue weighted by atomic mass is 16.6. The van der Waals surface area contributed by atoms with Gasteiger partial charge in [-0.05, 0) is 95.0 Å². The number of anilines is 3.